The number of aromatic nitrogens is 2. The van der Waals surface area contributed by atoms with Crippen molar-refractivity contribution >= 4 is 11.6 Å². The predicted octanol–water partition coefficient (Wildman–Crippen LogP) is 3.75. The minimum Gasteiger partial charge on any atom is -0.493 e. The summed E-state index contributed by atoms with van der Waals surface area (Å²) in [6.45, 7) is 6.03. The van der Waals surface area contributed by atoms with Crippen molar-refractivity contribution in [3.8, 4) is 11.5 Å². The number of benzene rings is 1. The Morgan fingerprint density at radius 1 is 1.04 bits per heavy atom. The Kier molecular flexibility index (Phi) is 4.81. The van der Waals surface area contributed by atoms with Crippen LogP contribution in [0.1, 0.15) is 49.6 Å². The fraction of sp³-hybridized carbons (Fsp3) is 0.524. The van der Waals surface area contributed by atoms with Gasteiger partial charge in [-0.15, -0.1) is 0 Å². The van der Waals surface area contributed by atoms with Crippen molar-refractivity contribution in [1.82, 2.24) is 9.97 Å². The lowest BCUT2D eigenvalue weighted by Gasteiger charge is -2.31. The molecule has 1 fully saturated rings. The number of nitrogens with one attached hydrogen (secondary N) is 1. The molecule has 1 aliphatic carbocycles. The first-order valence-corrected chi connectivity index (χ1v) is 9.71. The number of fused-ring (bicyclic) bond motifs is 1. The van der Waals surface area contributed by atoms with E-state index >= 15 is 0 Å². The minimum absolute atomic E-state index is 0.297. The maximum absolute atomic E-state index is 5.48. The van der Waals surface area contributed by atoms with E-state index < -0.39 is 0 Å². The van der Waals surface area contributed by atoms with E-state index in [0.29, 0.717) is 12.0 Å². The second-order valence-electron chi connectivity index (χ2n) is 7.69. The van der Waals surface area contributed by atoms with Gasteiger partial charge >= 0.3 is 0 Å². The van der Waals surface area contributed by atoms with Gasteiger partial charge in [-0.05, 0) is 42.5 Å². The lowest BCUT2D eigenvalue weighted by molar-refractivity contribution is 0.353. The highest BCUT2D eigenvalue weighted by molar-refractivity contribution is 5.55. The van der Waals surface area contributed by atoms with E-state index in [-0.39, 0.29) is 0 Å². The van der Waals surface area contributed by atoms with Crippen LogP contribution < -0.4 is 19.7 Å². The van der Waals surface area contributed by atoms with Crippen LogP contribution in [0.15, 0.2) is 18.2 Å². The first-order chi connectivity index (χ1) is 13.1. The first-order valence-electron chi connectivity index (χ1n) is 9.71. The predicted molar refractivity (Wildman–Crippen MR) is 107 cm³/mol. The van der Waals surface area contributed by atoms with E-state index in [0.717, 1.165) is 48.5 Å². The van der Waals surface area contributed by atoms with E-state index in [1.807, 2.05) is 0 Å². The van der Waals surface area contributed by atoms with E-state index in [4.69, 9.17) is 19.4 Å². The van der Waals surface area contributed by atoms with Crippen molar-refractivity contribution in [2.45, 2.75) is 51.6 Å². The quantitative estimate of drug-likeness (QED) is 0.838. The Bertz CT molecular complexity index is 833. The summed E-state index contributed by atoms with van der Waals surface area (Å²) in [4.78, 5) is 11.9. The molecule has 144 valence electrons. The summed E-state index contributed by atoms with van der Waals surface area (Å²) in [5.74, 6) is 4.71. The van der Waals surface area contributed by atoms with Crippen LogP contribution in [-0.2, 0) is 13.0 Å². The maximum Gasteiger partial charge on any atom is 0.161 e. The molecule has 2 aliphatic rings. The Balaban J connectivity index is 1.63. The number of ether oxygens (including phenoxy) is 2. The van der Waals surface area contributed by atoms with Crippen LogP contribution >= 0.6 is 0 Å². The molecule has 4 rings (SSSR count). The first kappa shape index (κ1) is 17.9. The van der Waals surface area contributed by atoms with Crippen LogP contribution in [0.25, 0.3) is 0 Å². The Morgan fingerprint density at radius 2 is 1.74 bits per heavy atom. The van der Waals surface area contributed by atoms with Crippen molar-refractivity contribution in [3.63, 3.8) is 0 Å². The molecule has 0 radical (unpaired) electrons. The number of hydrogen-bond donors (Lipinski definition) is 1. The molecule has 2 aromatic rings. The van der Waals surface area contributed by atoms with E-state index in [9.17, 15) is 0 Å². The van der Waals surface area contributed by atoms with E-state index in [1.165, 1.54) is 24.0 Å². The average Bonchev–Trinajstić information content (AvgIpc) is 3.50. The van der Waals surface area contributed by atoms with Crippen molar-refractivity contribution in [3.05, 3.63) is 35.2 Å². The largest absolute Gasteiger partial charge is 0.493 e. The molecule has 6 nitrogen and oxygen atoms in total. The van der Waals surface area contributed by atoms with Gasteiger partial charge in [0, 0.05) is 31.1 Å². The molecular weight excluding hydrogens is 340 g/mol. The van der Waals surface area contributed by atoms with Gasteiger partial charge in [0.25, 0.3) is 0 Å². The molecule has 2 heterocycles. The zero-order valence-electron chi connectivity index (χ0n) is 16.6. The third-order valence-electron chi connectivity index (χ3n) is 5.22. The molecule has 1 aromatic carbocycles. The molecule has 0 spiro atoms. The highest BCUT2D eigenvalue weighted by atomic mass is 16.5. The second-order valence-corrected chi connectivity index (χ2v) is 7.69. The highest BCUT2D eigenvalue weighted by Crippen LogP contribution is 2.35. The lowest BCUT2D eigenvalue weighted by Crippen LogP contribution is -2.31. The van der Waals surface area contributed by atoms with Gasteiger partial charge in [0.05, 0.1) is 14.2 Å². The van der Waals surface area contributed by atoms with Crippen LogP contribution in [-0.4, -0.2) is 36.8 Å². The second kappa shape index (κ2) is 7.25. The number of methoxy groups -OCH3 is 2. The lowest BCUT2D eigenvalue weighted by atomic mass is 9.99. The minimum atomic E-state index is 0.297. The standard InChI is InChI=1S/C21H28N4O2/c1-13(2)21-23-19(22-16-5-6-16)11-20(24-21)25-8-7-14-9-17(26-3)18(27-4)10-15(14)12-25/h9-11,13,16H,5-8,12H2,1-4H3,(H,22,23,24). The fourth-order valence-electron chi connectivity index (χ4n) is 3.46. The summed E-state index contributed by atoms with van der Waals surface area (Å²) in [5, 5.41) is 3.53. The fourth-order valence-corrected chi connectivity index (χ4v) is 3.46. The molecular formula is C21H28N4O2. The molecule has 1 N–H and O–H groups in total. The van der Waals surface area contributed by atoms with Gasteiger partial charge in [0.15, 0.2) is 11.5 Å². The zero-order chi connectivity index (χ0) is 19.0. The van der Waals surface area contributed by atoms with Crippen molar-refractivity contribution in [2.24, 2.45) is 0 Å². The molecule has 1 aromatic heterocycles. The molecule has 1 saturated carbocycles. The summed E-state index contributed by atoms with van der Waals surface area (Å²) in [7, 11) is 3.36. The van der Waals surface area contributed by atoms with Crippen LogP contribution in [0.5, 0.6) is 11.5 Å². The summed E-state index contributed by atoms with van der Waals surface area (Å²) >= 11 is 0. The third kappa shape index (κ3) is 3.80. The van der Waals surface area contributed by atoms with Gasteiger partial charge in [-0.25, -0.2) is 9.97 Å². The van der Waals surface area contributed by atoms with Gasteiger partial charge < -0.3 is 19.7 Å². The maximum atomic E-state index is 5.48. The van der Waals surface area contributed by atoms with Gasteiger partial charge in [-0.3, -0.25) is 0 Å². The summed E-state index contributed by atoms with van der Waals surface area (Å²) in [6.07, 6.45) is 3.42. The highest BCUT2D eigenvalue weighted by Gasteiger charge is 2.24. The normalized spacial score (nSPS) is 16.3. The van der Waals surface area contributed by atoms with Gasteiger partial charge in [-0.1, -0.05) is 13.8 Å². The molecule has 0 atom stereocenters. The molecule has 0 unspecified atom stereocenters. The van der Waals surface area contributed by atoms with Crippen LogP contribution in [0, 0.1) is 0 Å². The Labute approximate surface area is 160 Å². The SMILES string of the molecule is COc1cc2c(cc1OC)CN(c1cc(NC3CC3)nc(C(C)C)n1)CC2. The topological polar surface area (TPSA) is 59.5 Å². The average molecular weight is 368 g/mol. The van der Waals surface area contributed by atoms with Gasteiger partial charge in [-0.2, -0.15) is 0 Å². The zero-order valence-corrected chi connectivity index (χ0v) is 16.6. The number of nitrogens with zero attached hydrogens (tertiary/aromatic N) is 3. The summed E-state index contributed by atoms with van der Waals surface area (Å²) in [5.41, 5.74) is 2.58. The summed E-state index contributed by atoms with van der Waals surface area (Å²) < 4.78 is 10.9. The van der Waals surface area contributed by atoms with E-state index in [2.05, 4.69) is 42.3 Å². The van der Waals surface area contributed by atoms with Crippen molar-refractivity contribution in [2.75, 3.05) is 31.0 Å². The smallest absolute Gasteiger partial charge is 0.161 e. The number of rotatable bonds is 6. The Hall–Kier alpha value is -2.50. The van der Waals surface area contributed by atoms with Crippen LogP contribution in [0.4, 0.5) is 11.6 Å². The molecule has 1 aliphatic heterocycles. The monoisotopic (exact) mass is 368 g/mol. The van der Waals surface area contributed by atoms with E-state index in [1.54, 1.807) is 14.2 Å². The number of anilines is 2. The molecule has 0 saturated heterocycles. The molecule has 0 bridgehead atoms. The Morgan fingerprint density at radius 3 is 2.37 bits per heavy atom. The molecule has 0 amide bonds. The van der Waals surface area contributed by atoms with Crippen molar-refractivity contribution < 1.29 is 9.47 Å². The number of hydrogen-bond acceptors (Lipinski definition) is 6. The van der Waals surface area contributed by atoms with Crippen molar-refractivity contribution in [1.29, 1.82) is 0 Å². The molecule has 27 heavy (non-hydrogen) atoms. The molecule has 6 heteroatoms. The summed E-state index contributed by atoms with van der Waals surface area (Å²) in [6, 6.07) is 6.86. The van der Waals surface area contributed by atoms with Gasteiger partial charge in [0.1, 0.15) is 17.5 Å². The van der Waals surface area contributed by atoms with Crippen LogP contribution in [0.2, 0.25) is 0 Å². The van der Waals surface area contributed by atoms with Crippen LogP contribution in [0.3, 0.4) is 0 Å². The van der Waals surface area contributed by atoms with Gasteiger partial charge in [0.2, 0.25) is 0 Å². The third-order valence-corrected chi connectivity index (χ3v) is 5.22.